The van der Waals surface area contributed by atoms with Crippen molar-refractivity contribution in [2.24, 2.45) is 0 Å². The van der Waals surface area contributed by atoms with E-state index in [0.717, 1.165) is 18.5 Å². The van der Waals surface area contributed by atoms with Crippen LogP contribution in [0.1, 0.15) is 26.3 Å². The van der Waals surface area contributed by atoms with Gasteiger partial charge in [0.2, 0.25) is 0 Å². The van der Waals surface area contributed by atoms with E-state index in [1.807, 2.05) is 12.1 Å². The molecule has 0 fully saturated rings. The highest BCUT2D eigenvalue weighted by Gasteiger charge is 2.31. The molecule has 0 aromatic heterocycles. The predicted molar refractivity (Wildman–Crippen MR) is 83.0 cm³/mol. The lowest BCUT2D eigenvalue weighted by Crippen LogP contribution is -2.56. The molecule has 0 spiro atoms. The topological polar surface area (TPSA) is 15.3 Å². The maximum absolute atomic E-state index is 13.3. The van der Waals surface area contributed by atoms with Crippen LogP contribution in [-0.4, -0.2) is 37.1 Å². The first-order chi connectivity index (χ1) is 8.78. The molecule has 1 unspecified atom stereocenters. The fourth-order valence-corrected chi connectivity index (χ4v) is 2.46. The van der Waals surface area contributed by atoms with Gasteiger partial charge in [-0.15, -0.1) is 0 Å². The number of rotatable bonds is 6. The Bertz CT molecular complexity index is 419. The van der Waals surface area contributed by atoms with Gasteiger partial charge in [-0.3, -0.25) is 0 Å². The summed E-state index contributed by atoms with van der Waals surface area (Å²) in [5.74, 6) is -0.212. The fraction of sp³-hybridized carbons (Fsp3) is 0.600. The molecular weight excluding hydrogens is 307 g/mol. The van der Waals surface area contributed by atoms with Gasteiger partial charge >= 0.3 is 0 Å². The summed E-state index contributed by atoms with van der Waals surface area (Å²) in [6, 6.07) is 5.55. The molecule has 0 saturated carbocycles. The van der Waals surface area contributed by atoms with Crippen LogP contribution in [0.2, 0.25) is 0 Å². The van der Waals surface area contributed by atoms with E-state index in [1.54, 1.807) is 0 Å². The molecule has 19 heavy (non-hydrogen) atoms. The molecule has 4 heteroatoms. The van der Waals surface area contributed by atoms with E-state index in [1.165, 1.54) is 6.07 Å². The van der Waals surface area contributed by atoms with Crippen LogP contribution in [0.3, 0.4) is 0 Å². The summed E-state index contributed by atoms with van der Waals surface area (Å²) >= 11 is 3.25. The predicted octanol–water partition coefficient (Wildman–Crippen LogP) is 3.45. The SMILES string of the molecule is CCNC(Cc1ccc(F)c(Br)c1)C(C)(C)N(C)C. The molecule has 0 radical (unpaired) electrons. The molecule has 0 aliphatic rings. The van der Waals surface area contributed by atoms with Crippen LogP contribution in [0.4, 0.5) is 4.39 Å². The average Bonchev–Trinajstić information content (AvgIpc) is 2.33. The van der Waals surface area contributed by atoms with Gasteiger partial charge in [0.25, 0.3) is 0 Å². The molecule has 1 aromatic carbocycles. The lowest BCUT2D eigenvalue weighted by atomic mass is 9.88. The molecule has 0 saturated heterocycles. The Kier molecular flexibility index (Phi) is 5.96. The number of hydrogen-bond donors (Lipinski definition) is 1. The van der Waals surface area contributed by atoms with Crippen molar-refractivity contribution in [3.63, 3.8) is 0 Å². The third-order valence-corrected chi connectivity index (χ3v) is 4.49. The zero-order valence-electron chi connectivity index (χ0n) is 12.4. The van der Waals surface area contributed by atoms with E-state index in [0.29, 0.717) is 10.5 Å². The van der Waals surface area contributed by atoms with Crippen molar-refractivity contribution in [2.45, 2.75) is 38.8 Å². The minimum absolute atomic E-state index is 0.0247. The van der Waals surface area contributed by atoms with Crippen molar-refractivity contribution in [3.8, 4) is 0 Å². The van der Waals surface area contributed by atoms with E-state index in [4.69, 9.17) is 0 Å². The van der Waals surface area contributed by atoms with Crippen molar-refractivity contribution >= 4 is 15.9 Å². The number of benzene rings is 1. The molecule has 2 nitrogen and oxygen atoms in total. The highest BCUT2D eigenvalue weighted by Crippen LogP contribution is 2.22. The van der Waals surface area contributed by atoms with Crippen LogP contribution in [0.25, 0.3) is 0 Å². The Hall–Kier alpha value is -0.450. The third-order valence-electron chi connectivity index (χ3n) is 3.88. The van der Waals surface area contributed by atoms with Crippen molar-refractivity contribution in [2.75, 3.05) is 20.6 Å². The van der Waals surface area contributed by atoms with Crippen LogP contribution in [0.15, 0.2) is 22.7 Å². The largest absolute Gasteiger partial charge is 0.312 e. The van der Waals surface area contributed by atoms with Crippen LogP contribution >= 0.6 is 15.9 Å². The second-order valence-electron chi connectivity index (χ2n) is 5.61. The smallest absolute Gasteiger partial charge is 0.137 e. The molecule has 108 valence electrons. The Labute approximate surface area is 124 Å². The van der Waals surface area contributed by atoms with Gasteiger partial charge in [-0.25, -0.2) is 4.39 Å². The van der Waals surface area contributed by atoms with E-state index >= 15 is 0 Å². The second-order valence-corrected chi connectivity index (χ2v) is 6.47. The Morgan fingerprint density at radius 1 is 1.37 bits per heavy atom. The van der Waals surface area contributed by atoms with Crippen molar-refractivity contribution in [1.29, 1.82) is 0 Å². The standard InChI is InChI=1S/C15H24BrFN2/c1-6-18-14(15(2,3)19(4)5)10-11-7-8-13(17)12(16)9-11/h7-9,14,18H,6,10H2,1-5H3. The summed E-state index contributed by atoms with van der Waals surface area (Å²) in [7, 11) is 4.18. The van der Waals surface area contributed by atoms with E-state index in [9.17, 15) is 4.39 Å². The zero-order chi connectivity index (χ0) is 14.6. The molecular formula is C15H24BrFN2. The first-order valence-corrected chi connectivity index (χ1v) is 7.43. The van der Waals surface area contributed by atoms with Gasteiger partial charge in [-0.2, -0.15) is 0 Å². The Morgan fingerprint density at radius 3 is 2.47 bits per heavy atom. The first kappa shape index (κ1) is 16.6. The number of nitrogens with zero attached hydrogens (tertiary/aromatic N) is 1. The molecule has 1 atom stereocenters. The molecule has 0 bridgehead atoms. The summed E-state index contributed by atoms with van der Waals surface area (Å²) in [5.41, 5.74) is 1.16. The lowest BCUT2D eigenvalue weighted by Gasteiger charge is -2.41. The Morgan fingerprint density at radius 2 is 2.00 bits per heavy atom. The second kappa shape index (κ2) is 6.82. The molecule has 0 aliphatic heterocycles. The maximum atomic E-state index is 13.3. The van der Waals surface area contributed by atoms with Crippen molar-refractivity contribution < 1.29 is 4.39 Å². The van der Waals surface area contributed by atoms with Gasteiger partial charge in [0, 0.05) is 11.6 Å². The molecule has 0 amide bonds. The van der Waals surface area contributed by atoms with E-state index in [-0.39, 0.29) is 11.4 Å². The number of halogens is 2. The van der Waals surface area contributed by atoms with Crippen LogP contribution in [0, 0.1) is 5.82 Å². The molecule has 1 rings (SSSR count). The minimum Gasteiger partial charge on any atom is -0.312 e. The molecule has 0 heterocycles. The fourth-order valence-electron chi connectivity index (χ4n) is 2.03. The number of hydrogen-bond acceptors (Lipinski definition) is 2. The van der Waals surface area contributed by atoms with Crippen molar-refractivity contribution in [1.82, 2.24) is 10.2 Å². The van der Waals surface area contributed by atoms with Crippen LogP contribution in [0.5, 0.6) is 0 Å². The summed E-state index contributed by atoms with van der Waals surface area (Å²) in [4.78, 5) is 2.22. The van der Waals surface area contributed by atoms with Gasteiger partial charge in [-0.1, -0.05) is 13.0 Å². The average molecular weight is 331 g/mol. The number of likely N-dealkylation sites (N-methyl/N-ethyl adjacent to an activating group) is 2. The first-order valence-electron chi connectivity index (χ1n) is 6.63. The van der Waals surface area contributed by atoms with Crippen LogP contribution < -0.4 is 5.32 Å². The van der Waals surface area contributed by atoms with Crippen LogP contribution in [-0.2, 0) is 6.42 Å². The summed E-state index contributed by atoms with van der Waals surface area (Å²) in [6.07, 6.45) is 0.873. The quantitative estimate of drug-likeness (QED) is 0.859. The number of nitrogens with one attached hydrogen (secondary N) is 1. The van der Waals surface area contributed by atoms with Gasteiger partial charge in [-0.05, 0) is 74.5 Å². The van der Waals surface area contributed by atoms with Gasteiger partial charge < -0.3 is 10.2 Å². The highest BCUT2D eigenvalue weighted by atomic mass is 79.9. The molecule has 1 N–H and O–H groups in total. The monoisotopic (exact) mass is 330 g/mol. The summed E-state index contributed by atoms with van der Waals surface area (Å²) < 4.78 is 13.8. The molecule has 1 aromatic rings. The normalized spacial score (nSPS) is 13.9. The zero-order valence-corrected chi connectivity index (χ0v) is 14.0. The third kappa shape index (κ3) is 4.26. The highest BCUT2D eigenvalue weighted by molar-refractivity contribution is 9.10. The lowest BCUT2D eigenvalue weighted by molar-refractivity contribution is 0.138. The maximum Gasteiger partial charge on any atom is 0.137 e. The van der Waals surface area contributed by atoms with Crippen molar-refractivity contribution in [3.05, 3.63) is 34.1 Å². The van der Waals surface area contributed by atoms with Gasteiger partial charge in [0.05, 0.1) is 4.47 Å². The van der Waals surface area contributed by atoms with Gasteiger partial charge in [0.1, 0.15) is 5.82 Å². The van der Waals surface area contributed by atoms with E-state index in [2.05, 4.69) is 61.0 Å². The minimum atomic E-state index is -0.212. The van der Waals surface area contributed by atoms with Gasteiger partial charge in [0.15, 0.2) is 0 Å². The molecule has 0 aliphatic carbocycles. The van der Waals surface area contributed by atoms with E-state index < -0.39 is 0 Å². The summed E-state index contributed by atoms with van der Waals surface area (Å²) in [6.45, 7) is 7.47. The Balaban J connectivity index is 2.92. The summed E-state index contributed by atoms with van der Waals surface area (Å²) in [5, 5.41) is 3.54.